The highest BCUT2D eigenvalue weighted by molar-refractivity contribution is 5.95. The number of rotatable bonds is 6. The van der Waals surface area contributed by atoms with E-state index in [4.69, 9.17) is 4.74 Å². The lowest BCUT2D eigenvalue weighted by Crippen LogP contribution is -2.29. The first kappa shape index (κ1) is 19.7. The third-order valence-corrected chi connectivity index (χ3v) is 5.21. The Morgan fingerprint density at radius 1 is 0.929 bits per heavy atom. The van der Waals surface area contributed by atoms with E-state index in [-0.39, 0.29) is 11.3 Å². The molecule has 0 fully saturated rings. The van der Waals surface area contributed by atoms with Crippen LogP contribution in [0.2, 0.25) is 0 Å². The maximum atomic E-state index is 12.3. The number of methoxy groups -OCH3 is 1. The van der Waals surface area contributed by atoms with Crippen molar-refractivity contribution in [2.24, 2.45) is 5.41 Å². The van der Waals surface area contributed by atoms with Crippen molar-refractivity contribution in [3.63, 3.8) is 0 Å². The second-order valence-electron chi connectivity index (χ2n) is 7.62. The summed E-state index contributed by atoms with van der Waals surface area (Å²) in [5.74, 6) is 0.913. The number of fused-ring (bicyclic) bond motifs is 1. The topological polar surface area (TPSA) is 38.3 Å². The highest BCUT2D eigenvalue weighted by Crippen LogP contribution is 2.24. The van der Waals surface area contributed by atoms with Gasteiger partial charge in [-0.05, 0) is 58.7 Å². The van der Waals surface area contributed by atoms with Crippen LogP contribution < -0.4 is 10.1 Å². The van der Waals surface area contributed by atoms with Crippen LogP contribution in [0.3, 0.4) is 0 Å². The first-order valence-corrected chi connectivity index (χ1v) is 9.59. The summed E-state index contributed by atoms with van der Waals surface area (Å²) in [4.78, 5) is 12.3. The van der Waals surface area contributed by atoms with Crippen LogP contribution in [0.1, 0.15) is 38.3 Å². The monoisotopic (exact) mass is 373 g/mol. The van der Waals surface area contributed by atoms with E-state index in [1.807, 2.05) is 57.2 Å². The van der Waals surface area contributed by atoms with Crippen molar-refractivity contribution in [1.82, 2.24) is 0 Å². The van der Waals surface area contributed by atoms with E-state index in [0.29, 0.717) is 0 Å². The van der Waals surface area contributed by atoms with Crippen molar-refractivity contribution in [1.29, 1.82) is 0 Å². The van der Waals surface area contributed by atoms with Gasteiger partial charge in [-0.25, -0.2) is 0 Å². The number of carbonyl (C=O) groups is 1. The third-order valence-electron chi connectivity index (χ3n) is 5.21. The molecule has 0 aliphatic carbocycles. The largest absolute Gasteiger partial charge is 0.497 e. The summed E-state index contributed by atoms with van der Waals surface area (Å²) in [5, 5.41) is 5.33. The summed E-state index contributed by atoms with van der Waals surface area (Å²) in [6, 6.07) is 20.3. The quantitative estimate of drug-likeness (QED) is 0.508. The van der Waals surface area contributed by atoms with Gasteiger partial charge in [-0.1, -0.05) is 63.3 Å². The second-order valence-corrected chi connectivity index (χ2v) is 7.62. The SMILES string of the molecule is CCC(C)(C)C(=O)Nc1ccc(/C=C/c2ccc3cc(OC)ccc3c2)cc1. The molecule has 1 N–H and O–H groups in total. The van der Waals surface area contributed by atoms with E-state index in [0.717, 1.165) is 34.4 Å². The fourth-order valence-corrected chi connectivity index (χ4v) is 2.80. The minimum Gasteiger partial charge on any atom is -0.497 e. The number of benzene rings is 3. The number of hydrogen-bond donors (Lipinski definition) is 1. The van der Waals surface area contributed by atoms with Crippen LogP contribution in [0.25, 0.3) is 22.9 Å². The van der Waals surface area contributed by atoms with Gasteiger partial charge in [-0.15, -0.1) is 0 Å². The number of hydrogen-bond acceptors (Lipinski definition) is 2. The smallest absolute Gasteiger partial charge is 0.230 e. The van der Waals surface area contributed by atoms with Gasteiger partial charge in [-0.2, -0.15) is 0 Å². The van der Waals surface area contributed by atoms with Gasteiger partial charge < -0.3 is 10.1 Å². The lowest BCUT2D eigenvalue weighted by molar-refractivity contribution is -0.124. The number of amides is 1. The van der Waals surface area contributed by atoms with Crippen molar-refractivity contribution in [3.8, 4) is 5.75 Å². The van der Waals surface area contributed by atoms with E-state index in [1.165, 1.54) is 5.39 Å². The van der Waals surface area contributed by atoms with Crippen molar-refractivity contribution in [2.45, 2.75) is 27.2 Å². The van der Waals surface area contributed by atoms with Gasteiger partial charge in [-0.3, -0.25) is 4.79 Å². The van der Waals surface area contributed by atoms with Gasteiger partial charge in [0, 0.05) is 11.1 Å². The predicted molar refractivity (Wildman–Crippen MR) is 119 cm³/mol. The third kappa shape index (κ3) is 4.61. The van der Waals surface area contributed by atoms with E-state index >= 15 is 0 Å². The predicted octanol–water partition coefficient (Wildman–Crippen LogP) is 6.39. The molecular formula is C25H27NO2. The Morgan fingerprint density at radius 3 is 2.21 bits per heavy atom. The molecule has 3 rings (SSSR count). The van der Waals surface area contributed by atoms with Crippen LogP contribution >= 0.6 is 0 Å². The molecule has 3 nitrogen and oxygen atoms in total. The van der Waals surface area contributed by atoms with Gasteiger partial charge in [0.05, 0.1) is 7.11 Å². The molecule has 0 heterocycles. The molecule has 0 atom stereocenters. The van der Waals surface area contributed by atoms with Gasteiger partial charge >= 0.3 is 0 Å². The zero-order chi connectivity index (χ0) is 20.1. The first-order valence-electron chi connectivity index (χ1n) is 9.59. The minimum atomic E-state index is -0.362. The molecule has 0 spiro atoms. The van der Waals surface area contributed by atoms with Crippen LogP contribution in [-0.2, 0) is 4.79 Å². The van der Waals surface area contributed by atoms with Crippen molar-refractivity contribution >= 4 is 34.5 Å². The fraction of sp³-hybridized carbons (Fsp3) is 0.240. The summed E-state index contributed by atoms with van der Waals surface area (Å²) < 4.78 is 5.28. The molecule has 0 radical (unpaired) electrons. The minimum absolute atomic E-state index is 0.0473. The van der Waals surface area contributed by atoms with Crippen LogP contribution in [0.4, 0.5) is 5.69 Å². The standard InChI is InChI=1S/C25H27NO2/c1-5-25(2,3)24(27)26-22-13-9-18(10-14-22)6-7-19-8-11-21-17-23(28-4)15-12-20(21)16-19/h6-17H,5H2,1-4H3,(H,26,27)/b7-6+. The van der Waals surface area contributed by atoms with Gasteiger partial charge in [0.1, 0.15) is 5.75 Å². The lowest BCUT2D eigenvalue weighted by atomic mass is 9.89. The van der Waals surface area contributed by atoms with Crippen LogP contribution in [-0.4, -0.2) is 13.0 Å². The molecule has 0 saturated carbocycles. The Morgan fingerprint density at radius 2 is 1.54 bits per heavy atom. The van der Waals surface area contributed by atoms with Crippen molar-refractivity contribution in [3.05, 3.63) is 71.8 Å². The maximum absolute atomic E-state index is 12.3. The summed E-state index contributed by atoms with van der Waals surface area (Å²) in [6.07, 6.45) is 4.97. The Hall–Kier alpha value is -3.07. The Kier molecular flexibility index (Phi) is 5.84. The summed E-state index contributed by atoms with van der Waals surface area (Å²) >= 11 is 0. The van der Waals surface area contributed by atoms with Crippen molar-refractivity contribution < 1.29 is 9.53 Å². The highest BCUT2D eigenvalue weighted by Gasteiger charge is 2.25. The van der Waals surface area contributed by atoms with E-state index < -0.39 is 0 Å². The first-order chi connectivity index (χ1) is 13.4. The Balaban J connectivity index is 1.70. The molecule has 3 heteroatoms. The summed E-state index contributed by atoms with van der Waals surface area (Å²) in [5.41, 5.74) is 2.68. The average molecular weight is 373 g/mol. The maximum Gasteiger partial charge on any atom is 0.230 e. The van der Waals surface area contributed by atoms with E-state index in [1.54, 1.807) is 7.11 Å². The van der Waals surface area contributed by atoms with Crippen molar-refractivity contribution in [2.75, 3.05) is 12.4 Å². The molecule has 3 aromatic carbocycles. The number of nitrogens with one attached hydrogen (secondary N) is 1. The zero-order valence-electron chi connectivity index (χ0n) is 17.0. The van der Waals surface area contributed by atoms with E-state index in [2.05, 4.69) is 41.7 Å². The molecule has 1 amide bonds. The molecular weight excluding hydrogens is 346 g/mol. The summed E-state index contributed by atoms with van der Waals surface area (Å²) in [7, 11) is 1.68. The summed E-state index contributed by atoms with van der Waals surface area (Å²) in [6.45, 7) is 5.94. The van der Waals surface area contributed by atoms with Crippen LogP contribution in [0, 0.1) is 5.41 Å². The molecule has 0 unspecified atom stereocenters. The molecule has 0 aliphatic rings. The molecule has 0 bridgehead atoms. The highest BCUT2D eigenvalue weighted by atomic mass is 16.5. The molecule has 0 saturated heterocycles. The van der Waals surface area contributed by atoms with Crippen LogP contribution in [0.5, 0.6) is 5.75 Å². The van der Waals surface area contributed by atoms with E-state index in [9.17, 15) is 4.79 Å². The lowest BCUT2D eigenvalue weighted by Gasteiger charge is -2.21. The normalized spacial score (nSPS) is 11.7. The number of carbonyl (C=O) groups excluding carboxylic acids is 1. The van der Waals surface area contributed by atoms with Gasteiger partial charge in [0.2, 0.25) is 5.91 Å². The Bertz CT molecular complexity index is 1000. The Labute approximate surface area is 167 Å². The molecule has 0 aliphatic heterocycles. The number of ether oxygens (including phenoxy) is 1. The zero-order valence-corrected chi connectivity index (χ0v) is 17.0. The van der Waals surface area contributed by atoms with Crippen LogP contribution in [0.15, 0.2) is 60.7 Å². The molecule has 0 aromatic heterocycles. The fourth-order valence-electron chi connectivity index (χ4n) is 2.80. The second kappa shape index (κ2) is 8.30. The molecule has 3 aromatic rings. The van der Waals surface area contributed by atoms with Gasteiger partial charge in [0.15, 0.2) is 0 Å². The van der Waals surface area contributed by atoms with Gasteiger partial charge in [0.25, 0.3) is 0 Å². The molecule has 28 heavy (non-hydrogen) atoms. The number of anilines is 1. The molecule has 144 valence electrons. The average Bonchev–Trinajstić information content (AvgIpc) is 2.72.